The molecule has 0 spiro atoms. The third kappa shape index (κ3) is 7.01. The Labute approximate surface area is 85.1 Å². The Balaban J connectivity index is 3.21. The van der Waals surface area contributed by atoms with Gasteiger partial charge < -0.3 is 9.47 Å². The van der Waals surface area contributed by atoms with Gasteiger partial charge >= 0.3 is 10.6 Å². The first kappa shape index (κ1) is 12.3. The average Bonchev–Trinajstić information content (AvgIpc) is 2.11. The van der Waals surface area contributed by atoms with E-state index in [0.29, 0.717) is 0 Å². The van der Waals surface area contributed by atoms with Crippen LogP contribution in [0, 0.1) is 0 Å². The Bertz CT molecular complexity index is 143. The largest absolute Gasteiger partial charge is 0.460 e. The highest BCUT2D eigenvalue weighted by Gasteiger charge is 2.05. The first-order chi connectivity index (χ1) is 5.70. The van der Waals surface area contributed by atoms with Crippen LogP contribution in [0.15, 0.2) is 0 Å². The molecule has 70 valence electrons. The zero-order valence-corrected chi connectivity index (χ0v) is 9.53. The number of carbonyl (C=O) groups is 2. The molecule has 0 amide bonds. The molecule has 0 aliphatic rings. The highest BCUT2D eigenvalue weighted by Crippen LogP contribution is 2.44. The van der Waals surface area contributed by atoms with Crippen LogP contribution >= 0.6 is 41.2 Å². The predicted octanol–water partition coefficient (Wildman–Crippen LogP) is 3.20. The highest BCUT2D eigenvalue weighted by molar-refractivity contribution is 9.28. The fourth-order valence-corrected chi connectivity index (χ4v) is 4.36. The summed E-state index contributed by atoms with van der Waals surface area (Å²) < 4.78 is 8.70. The second-order valence-corrected chi connectivity index (χ2v) is 6.75. The van der Waals surface area contributed by atoms with E-state index in [1.807, 2.05) is 0 Å². The van der Waals surface area contributed by atoms with Gasteiger partial charge in [0.15, 0.2) is 0 Å². The molecular formula is C4H6O4S4. The van der Waals surface area contributed by atoms with E-state index < -0.39 is 10.6 Å². The molecule has 0 bridgehead atoms. The molecule has 0 rings (SSSR count). The molecule has 0 unspecified atom stereocenters. The zero-order valence-electron chi connectivity index (χ0n) is 6.27. The predicted molar refractivity (Wildman–Crippen MR) is 55.2 cm³/mol. The number of rotatable bonds is 3. The van der Waals surface area contributed by atoms with Crippen LogP contribution in [0.5, 0.6) is 0 Å². The molecule has 0 atom stereocenters. The molecule has 0 heterocycles. The maximum atomic E-state index is 10.5. The van der Waals surface area contributed by atoms with Gasteiger partial charge in [0, 0.05) is 21.6 Å². The van der Waals surface area contributed by atoms with Crippen LogP contribution in [0.25, 0.3) is 0 Å². The van der Waals surface area contributed by atoms with Crippen LogP contribution in [0.3, 0.4) is 0 Å². The molecule has 12 heavy (non-hydrogen) atoms. The molecule has 0 aromatic rings. The van der Waals surface area contributed by atoms with Crippen LogP contribution in [0.4, 0.5) is 9.59 Å². The van der Waals surface area contributed by atoms with Gasteiger partial charge in [0.1, 0.15) is 0 Å². The average molecular weight is 246 g/mol. The Hall–Kier alpha value is 0.340. The summed E-state index contributed by atoms with van der Waals surface area (Å²) in [6.07, 6.45) is 0. The second kappa shape index (κ2) is 7.96. The number of carbonyl (C=O) groups excluding carboxylic acids is 2. The summed E-state index contributed by atoms with van der Waals surface area (Å²) in [6, 6.07) is 0. The van der Waals surface area contributed by atoms with Gasteiger partial charge in [0.05, 0.1) is 14.2 Å². The molecule has 0 aliphatic heterocycles. The zero-order chi connectivity index (χ0) is 9.40. The molecule has 0 radical (unpaired) electrons. The maximum Gasteiger partial charge on any atom is 0.378 e. The van der Waals surface area contributed by atoms with Crippen LogP contribution in [-0.4, -0.2) is 24.8 Å². The Morgan fingerprint density at radius 2 is 1.25 bits per heavy atom. The van der Waals surface area contributed by atoms with Gasteiger partial charge in [-0.15, -0.1) is 0 Å². The molecule has 0 aromatic carbocycles. The minimum Gasteiger partial charge on any atom is -0.460 e. The fourth-order valence-electron chi connectivity index (χ4n) is 0.151. The van der Waals surface area contributed by atoms with E-state index in [1.165, 1.54) is 14.2 Å². The standard InChI is InChI=1S/C4H6O4S4/c1-7-3(5)9-11-12-10-4(6)8-2/h1-2H3. The summed E-state index contributed by atoms with van der Waals surface area (Å²) in [5.74, 6) is 0. The van der Waals surface area contributed by atoms with Crippen molar-refractivity contribution in [2.75, 3.05) is 14.2 Å². The van der Waals surface area contributed by atoms with Crippen molar-refractivity contribution in [1.82, 2.24) is 0 Å². The first-order valence-corrected chi connectivity index (χ1v) is 7.36. The van der Waals surface area contributed by atoms with Crippen molar-refractivity contribution >= 4 is 51.8 Å². The van der Waals surface area contributed by atoms with Crippen LogP contribution in [-0.2, 0) is 9.47 Å². The molecule has 4 nitrogen and oxygen atoms in total. The SMILES string of the molecule is COC(=O)SSSSC(=O)OC. The van der Waals surface area contributed by atoms with E-state index in [2.05, 4.69) is 9.47 Å². The fraction of sp³-hybridized carbons (Fsp3) is 0.500. The van der Waals surface area contributed by atoms with E-state index in [-0.39, 0.29) is 0 Å². The van der Waals surface area contributed by atoms with Crippen LogP contribution in [0.2, 0.25) is 0 Å². The van der Waals surface area contributed by atoms with Crippen molar-refractivity contribution in [2.24, 2.45) is 0 Å². The third-order valence-corrected chi connectivity index (χ3v) is 5.98. The van der Waals surface area contributed by atoms with E-state index in [0.717, 1.165) is 41.2 Å². The van der Waals surface area contributed by atoms with Gasteiger partial charge in [-0.2, -0.15) is 0 Å². The molecule has 0 N–H and O–H groups in total. The normalized spacial score (nSPS) is 9.17. The summed E-state index contributed by atoms with van der Waals surface area (Å²) in [6.45, 7) is 0. The van der Waals surface area contributed by atoms with Crippen molar-refractivity contribution in [2.45, 2.75) is 0 Å². The molecule has 0 aromatic heterocycles. The van der Waals surface area contributed by atoms with Crippen molar-refractivity contribution in [1.29, 1.82) is 0 Å². The summed E-state index contributed by atoms with van der Waals surface area (Å²) in [7, 11) is 6.74. The minimum absolute atomic E-state index is 0.391. The molecular weight excluding hydrogens is 240 g/mol. The Kier molecular flexibility index (Phi) is 8.19. The quantitative estimate of drug-likeness (QED) is 0.427. The van der Waals surface area contributed by atoms with E-state index in [1.54, 1.807) is 0 Å². The van der Waals surface area contributed by atoms with Crippen molar-refractivity contribution < 1.29 is 19.1 Å². The van der Waals surface area contributed by atoms with Crippen molar-refractivity contribution in [3.05, 3.63) is 0 Å². The third-order valence-electron chi connectivity index (χ3n) is 0.565. The van der Waals surface area contributed by atoms with Gasteiger partial charge in [0.2, 0.25) is 0 Å². The number of hydrogen-bond donors (Lipinski definition) is 0. The first-order valence-electron chi connectivity index (χ1n) is 2.54. The molecule has 0 aliphatic carbocycles. The van der Waals surface area contributed by atoms with E-state index >= 15 is 0 Å². The van der Waals surface area contributed by atoms with Crippen LogP contribution in [0.1, 0.15) is 0 Å². The lowest BCUT2D eigenvalue weighted by Crippen LogP contribution is -1.87. The molecule has 0 saturated heterocycles. The maximum absolute atomic E-state index is 10.5. The lowest BCUT2D eigenvalue weighted by Gasteiger charge is -1.96. The number of hydrogen-bond acceptors (Lipinski definition) is 8. The Morgan fingerprint density at radius 3 is 1.50 bits per heavy atom. The van der Waals surface area contributed by atoms with Crippen LogP contribution < -0.4 is 0 Å². The van der Waals surface area contributed by atoms with Crippen molar-refractivity contribution in [3.63, 3.8) is 0 Å². The highest BCUT2D eigenvalue weighted by atomic mass is 33.7. The minimum atomic E-state index is -0.391. The van der Waals surface area contributed by atoms with Crippen molar-refractivity contribution in [3.8, 4) is 0 Å². The van der Waals surface area contributed by atoms with Gasteiger partial charge in [-0.25, -0.2) is 9.59 Å². The lowest BCUT2D eigenvalue weighted by molar-refractivity contribution is 0.200. The van der Waals surface area contributed by atoms with Gasteiger partial charge in [-0.3, -0.25) is 0 Å². The summed E-state index contributed by atoms with van der Waals surface area (Å²) in [5.41, 5.74) is 0. The van der Waals surface area contributed by atoms with E-state index in [4.69, 9.17) is 0 Å². The van der Waals surface area contributed by atoms with Gasteiger partial charge in [-0.1, -0.05) is 0 Å². The summed E-state index contributed by atoms with van der Waals surface area (Å²) in [4.78, 5) is 21.0. The summed E-state index contributed by atoms with van der Waals surface area (Å²) >= 11 is 0. The molecule has 0 saturated carbocycles. The smallest absolute Gasteiger partial charge is 0.378 e. The van der Waals surface area contributed by atoms with Gasteiger partial charge in [-0.05, 0) is 19.7 Å². The van der Waals surface area contributed by atoms with E-state index in [9.17, 15) is 9.59 Å². The number of ether oxygens (including phenoxy) is 2. The number of methoxy groups -OCH3 is 2. The van der Waals surface area contributed by atoms with Gasteiger partial charge in [0.25, 0.3) is 0 Å². The molecule has 8 heteroatoms. The molecule has 0 fully saturated rings. The lowest BCUT2D eigenvalue weighted by atomic mass is 11.5. The monoisotopic (exact) mass is 246 g/mol. The Morgan fingerprint density at radius 1 is 0.917 bits per heavy atom. The second-order valence-electron chi connectivity index (χ2n) is 1.21. The topological polar surface area (TPSA) is 52.6 Å². The summed E-state index contributed by atoms with van der Waals surface area (Å²) in [5, 5.41) is -0.782.